The first-order valence-electron chi connectivity index (χ1n) is 23.1. The van der Waals surface area contributed by atoms with E-state index in [0.717, 1.165) is 32.1 Å². The zero-order chi connectivity index (χ0) is 45.8. The molecule has 64 heavy (non-hydrogen) atoms. The second kappa shape index (κ2) is 19.9. The van der Waals surface area contributed by atoms with Gasteiger partial charge in [-0.25, -0.2) is 23.0 Å². The van der Waals surface area contributed by atoms with E-state index in [1.165, 1.54) is 11.0 Å². The number of sulfonamides is 1. The Balaban J connectivity index is 1.30. The highest BCUT2D eigenvalue weighted by atomic mass is 32.2. The van der Waals surface area contributed by atoms with E-state index >= 15 is 4.79 Å². The molecule has 17 heteroatoms. The van der Waals surface area contributed by atoms with Crippen LogP contribution in [-0.2, 0) is 35.6 Å². The number of alkyl carbamates (subject to hydrolysis) is 1. The molecule has 2 bridgehead atoms. The summed E-state index contributed by atoms with van der Waals surface area (Å²) < 4.78 is 47.3. The highest BCUT2D eigenvalue weighted by Gasteiger charge is 2.51. The molecular formula is C47H64N6O10S. The molecule has 5 amide bonds. The Hall–Kier alpha value is -5.19. The zero-order valence-electron chi connectivity index (χ0n) is 37.4. The maximum absolute atomic E-state index is 15.1. The van der Waals surface area contributed by atoms with E-state index in [9.17, 15) is 27.6 Å². The predicted octanol–water partition coefficient (Wildman–Crippen LogP) is 6.12. The summed E-state index contributed by atoms with van der Waals surface area (Å²) in [5, 5.41) is 8.55. The van der Waals surface area contributed by atoms with Gasteiger partial charge in [0.1, 0.15) is 29.8 Å². The molecule has 3 saturated carbocycles. The Morgan fingerprint density at radius 2 is 1.73 bits per heavy atom. The molecule has 7 unspecified atom stereocenters. The highest BCUT2D eigenvalue weighted by molar-refractivity contribution is 7.91. The minimum atomic E-state index is -4.00. The van der Waals surface area contributed by atoms with Crippen LogP contribution in [0.15, 0.2) is 49.1 Å². The van der Waals surface area contributed by atoms with Gasteiger partial charge >= 0.3 is 12.2 Å². The standard InChI is InChI=1S/C47H64N6O10S/c1-6-29(5)47(7-2,44(56)52-64(59,60)33-24-25-33)51-41(54)37-26-32-27-53(37)43(55)39(31-17-11-12-18-31)50-46(58)62-38-23-15-19-30(38)16-9-8-10-21-35-40(63-45(57)48-28(3)4)34-20-13-14-22-36(34)49-42(35)61-32/h6,8,10,13-14,20,22,28-33,37-39H,1,7,9,11-12,15-19,21,23-27H2,2-5H3,(H,48,57)(H,50,58)(H,51,54)(H,52,56). The summed E-state index contributed by atoms with van der Waals surface area (Å²) in [7, 11) is -4.00. The van der Waals surface area contributed by atoms with Gasteiger partial charge in [-0.3, -0.25) is 19.1 Å². The summed E-state index contributed by atoms with van der Waals surface area (Å²) in [6.07, 6.45) is 11.2. The van der Waals surface area contributed by atoms with Gasteiger partial charge < -0.3 is 35.1 Å². The number of allylic oxidation sites excluding steroid dienone is 2. The third kappa shape index (κ3) is 10.3. The summed E-state index contributed by atoms with van der Waals surface area (Å²) in [4.78, 5) is 77.5. The van der Waals surface area contributed by atoms with Crippen molar-refractivity contribution in [3.63, 3.8) is 0 Å². The Kier molecular flexibility index (Phi) is 14.6. The van der Waals surface area contributed by atoms with Crippen LogP contribution < -0.4 is 30.1 Å². The summed E-state index contributed by atoms with van der Waals surface area (Å²) >= 11 is 0. The number of aromatic nitrogens is 1. The predicted molar refractivity (Wildman–Crippen MR) is 240 cm³/mol. The van der Waals surface area contributed by atoms with Crippen LogP contribution in [0.4, 0.5) is 9.59 Å². The molecule has 2 aromatic rings. The number of para-hydroxylation sites is 1. The molecule has 0 radical (unpaired) electrons. The van der Waals surface area contributed by atoms with Crippen molar-refractivity contribution in [2.75, 3.05) is 6.54 Å². The maximum atomic E-state index is 15.1. The van der Waals surface area contributed by atoms with E-state index in [4.69, 9.17) is 19.2 Å². The van der Waals surface area contributed by atoms with Crippen molar-refractivity contribution in [3.05, 3.63) is 54.6 Å². The third-order valence-electron chi connectivity index (χ3n) is 13.7. The van der Waals surface area contributed by atoms with Gasteiger partial charge in [0.25, 0.3) is 5.91 Å². The number of pyridine rings is 1. The van der Waals surface area contributed by atoms with Crippen molar-refractivity contribution >= 4 is 50.8 Å². The number of ether oxygens (including phenoxy) is 3. The number of rotatable bonds is 11. The van der Waals surface area contributed by atoms with Gasteiger partial charge in [-0.05, 0) is 108 Å². The van der Waals surface area contributed by atoms with Crippen LogP contribution in [0.3, 0.4) is 0 Å². The number of hydrogen-bond donors (Lipinski definition) is 4. The average molecular weight is 905 g/mol. The van der Waals surface area contributed by atoms with Crippen LogP contribution in [-0.4, -0.2) is 95.9 Å². The lowest BCUT2D eigenvalue weighted by Gasteiger charge is -2.38. The quantitative estimate of drug-likeness (QED) is 0.189. The van der Waals surface area contributed by atoms with Crippen molar-refractivity contribution in [1.29, 1.82) is 0 Å². The van der Waals surface area contributed by atoms with Crippen molar-refractivity contribution in [1.82, 2.24) is 30.6 Å². The van der Waals surface area contributed by atoms with E-state index in [0.29, 0.717) is 55.0 Å². The summed E-state index contributed by atoms with van der Waals surface area (Å²) in [6, 6.07) is 4.79. The van der Waals surface area contributed by atoms with Crippen LogP contribution >= 0.6 is 0 Å². The van der Waals surface area contributed by atoms with Gasteiger partial charge in [0, 0.05) is 23.8 Å². The molecule has 7 atom stereocenters. The largest absolute Gasteiger partial charge is 0.472 e. The molecule has 7 rings (SSSR count). The van der Waals surface area contributed by atoms with Gasteiger partial charge in [0.15, 0.2) is 5.75 Å². The zero-order valence-corrected chi connectivity index (χ0v) is 38.3. The van der Waals surface area contributed by atoms with Crippen molar-refractivity contribution < 1.29 is 46.6 Å². The lowest BCUT2D eigenvalue weighted by molar-refractivity contribution is -0.143. The average Bonchev–Trinajstić information content (AvgIpc) is 3.59. The molecule has 3 heterocycles. The van der Waals surface area contributed by atoms with Gasteiger partial charge in [0.05, 0.1) is 22.9 Å². The van der Waals surface area contributed by atoms with E-state index in [-0.39, 0.29) is 61.4 Å². The van der Waals surface area contributed by atoms with Crippen LogP contribution in [0.25, 0.3) is 10.9 Å². The van der Waals surface area contributed by atoms with E-state index in [1.807, 2.05) is 38.1 Å². The number of amides is 5. The fraction of sp³-hybridized carbons (Fsp3) is 0.617. The normalized spacial score (nSPS) is 26.0. The van der Waals surface area contributed by atoms with Gasteiger partial charge in [-0.15, -0.1) is 6.58 Å². The smallest absolute Gasteiger partial charge is 0.412 e. The Morgan fingerprint density at radius 1 is 1.00 bits per heavy atom. The van der Waals surface area contributed by atoms with Crippen molar-refractivity contribution in [2.45, 2.75) is 159 Å². The molecule has 1 saturated heterocycles. The number of nitrogens with one attached hydrogen (secondary N) is 4. The van der Waals surface area contributed by atoms with Gasteiger partial charge in [0.2, 0.25) is 27.7 Å². The van der Waals surface area contributed by atoms with E-state index < -0.39 is 74.8 Å². The van der Waals surface area contributed by atoms with Crippen molar-refractivity contribution in [2.24, 2.45) is 17.8 Å². The number of carbonyl (C=O) groups is 5. The molecule has 1 aromatic heterocycles. The number of benzene rings is 1. The van der Waals surface area contributed by atoms with Crippen LogP contribution in [0.1, 0.15) is 117 Å². The Bertz CT molecular complexity index is 2240. The summed E-state index contributed by atoms with van der Waals surface area (Å²) in [5.41, 5.74) is -0.764. The molecule has 3 aliphatic carbocycles. The fourth-order valence-electron chi connectivity index (χ4n) is 9.89. The number of fused-ring (bicyclic) bond motifs is 5. The molecular weight excluding hydrogens is 841 g/mol. The first-order valence-corrected chi connectivity index (χ1v) is 24.7. The fourth-order valence-corrected chi connectivity index (χ4v) is 11.2. The third-order valence-corrected chi connectivity index (χ3v) is 15.5. The van der Waals surface area contributed by atoms with E-state index in [2.05, 4.69) is 33.3 Å². The molecule has 0 spiro atoms. The molecule has 4 fully saturated rings. The maximum Gasteiger partial charge on any atom is 0.412 e. The van der Waals surface area contributed by atoms with Gasteiger partial charge in [-0.1, -0.05) is 57.0 Å². The number of nitrogens with zero attached hydrogens (tertiary/aromatic N) is 2. The van der Waals surface area contributed by atoms with E-state index in [1.54, 1.807) is 19.9 Å². The first kappa shape index (κ1) is 46.8. The molecule has 2 aliphatic heterocycles. The minimum absolute atomic E-state index is 0.00382. The van der Waals surface area contributed by atoms with Crippen molar-refractivity contribution in [3.8, 4) is 11.6 Å². The Morgan fingerprint density at radius 3 is 2.44 bits per heavy atom. The lowest BCUT2D eigenvalue weighted by Crippen LogP contribution is -2.65. The van der Waals surface area contributed by atoms with Crippen LogP contribution in [0.5, 0.6) is 11.6 Å². The number of carbonyl (C=O) groups excluding carboxylic acids is 5. The molecule has 348 valence electrons. The molecule has 5 aliphatic rings. The Labute approximate surface area is 376 Å². The minimum Gasteiger partial charge on any atom is -0.472 e. The highest BCUT2D eigenvalue weighted by Crippen LogP contribution is 2.39. The SMILES string of the molecule is C=CC(C)C(CC)(NC(=O)C1CC2CN1C(=O)C(C1CCCC1)NC(=O)OC1CCCC1CCC=CCc1c(nc3ccccc3c1OC(=O)NC(C)C)O2)C(=O)NS(=O)(=O)C1CC1. The van der Waals surface area contributed by atoms with Crippen LogP contribution in [0, 0.1) is 17.8 Å². The monoisotopic (exact) mass is 904 g/mol. The second-order valence-electron chi connectivity index (χ2n) is 18.5. The summed E-state index contributed by atoms with van der Waals surface area (Å²) in [5.74, 6) is -2.50. The molecule has 4 N–H and O–H groups in total. The second-order valence-corrected chi connectivity index (χ2v) is 20.4. The number of hydrogen-bond acceptors (Lipinski definition) is 11. The first-order chi connectivity index (χ1) is 30.6. The topological polar surface area (TPSA) is 211 Å². The van der Waals surface area contributed by atoms with Gasteiger partial charge in [-0.2, -0.15) is 0 Å². The lowest BCUT2D eigenvalue weighted by atomic mass is 9.81. The molecule has 16 nitrogen and oxygen atoms in total. The molecule has 1 aromatic carbocycles. The summed E-state index contributed by atoms with van der Waals surface area (Å²) in [6.45, 7) is 10.8. The van der Waals surface area contributed by atoms with Crippen LogP contribution in [0.2, 0.25) is 0 Å².